The normalized spacial score (nSPS) is 12.8. The van der Waals surface area contributed by atoms with Gasteiger partial charge < -0.3 is 11.1 Å². The van der Waals surface area contributed by atoms with Crippen LogP contribution < -0.4 is 11.1 Å². The van der Waals surface area contributed by atoms with E-state index >= 15 is 0 Å². The molecule has 3 N–H and O–H groups in total. The zero-order chi connectivity index (χ0) is 10.4. The molecule has 0 aromatic carbocycles. The Hall–Kier alpha value is -0.610. The molecule has 0 aliphatic heterocycles. The molecule has 1 rings (SSSR count). The summed E-state index contributed by atoms with van der Waals surface area (Å²) in [5.74, 6) is 0.671. The van der Waals surface area contributed by atoms with Gasteiger partial charge in [0.25, 0.3) is 0 Å². The Bertz CT molecular complexity index is 260. The van der Waals surface area contributed by atoms with Gasteiger partial charge in [0, 0.05) is 11.9 Å². The molecule has 80 valence electrons. The number of rotatable bonds is 6. The van der Waals surface area contributed by atoms with E-state index in [9.17, 15) is 0 Å². The monoisotopic (exact) mass is 213 g/mol. The largest absolute Gasteiger partial charge is 0.361 e. The predicted octanol–water partition coefficient (Wildman–Crippen LogP) is 2.24. The molecule has 0 aliphatic rings. The summed E-state index contributed by atoms with van der Waals surface area (Å²) in [5.41, 5.74) is 6.62. The lowest BCUT2D eigenvalue weighted by Gasteiger charge is -2.13. The number of anilines is 1. The third kappa shape index (κ3) is 3.64. The van der Waals surface area contributed by atoms with E-state index in [0.717, 1.165) is 30.3 Å². The fourth-order valence-corrected chi connectivity index (χ4v) is 2.05. The third-order valence-corrected chi connectivity index (χ3v) is 3.23. The average molecular weight is 213 g/mol. The maximum Gasteiger partial charge on any atom is 0.182 e. The van der Waals surface area contributed by atoms with Gasteiger partial charge in [-0.1, -0.05) is 13.3 Å². The van der Waals surface area contributed by atoms with Crippen molar-refractivity contribution in [1.29, 1.82) is 0 Å². The van der Waals surface area contributed by atoms with Crippen LogP contribution in [0.2, 0.25) is 0 Å². The number of nitrogens with one attached hydrogen (secondary N) is 1. The fourth-order valence-electron chi connectivity index (χ4n) is 1.35. The number of nitrogens with zero attached hydrogens (tertiary/aromatic N) is 1. The highest BCUT2D eigenvalue weighted by Gasteiger charge is 2.05. The number of aryl methyl sites for hydroxylation is 1. The summed E-state index contributed by atoms with van der Waals surface area (Å²) in [5, 5.41) is 6.44. The van der Waals surface area contributed by atoms with Crippen molar-refractivity contribution < 1.29 is 0 Å². The second-order valence-corrected chi connectivity index (χ2v) is 4.38. The standard InChI is InChI=1S/C10H19N3S/c1-3-9(4-5-11)6-12-10-13-8(2)7-14-10/h7,9H,3-6,11H2,1-2H3,(H,12,13). The molecule has 0 bridgehead atoms. The van der Waals surface area contributed by atoms with Crippen molar-refractivity contribution in [2.45, 2.75) is 26.7 Å². The molecule has 1 atom stereocenters. The van der Waals surface area contributed by atoms with Crippen molar-refractivity contribution in [2.24, 2.45) is 11.7 Å². The second-order valence-electron chi connectivity index (χ2n) is 3.53. The Balaban J connectivity index is 2.31. The minimum Gasteiger partial charge on any atom is -0.361 e. The van der Waals surface area contributed by atoms with Crippen molar-refractivity contribution >= 4 is 16.5 Å². The Morgan fingerprint density at radius 2 is 2.43 bits per heavy atom. The molecule has 1 aromatic heterocycles. The fraction of sp³-hybridized carbons (Fsp3) is 0.700. The first-order valence-electron chi connectivity index (χ1n) is 5.12. The van der Waals surface area contributed by atoms with Crippen LogP contribution in [-0.2, 0) is 0 Å². The molecule has 1 unspecified atom stereocenters. The molecule has 3 nitrogen and oxygen atoms in total. The molecule has 1 heterocycles. The Kier molecular flexibility index (Phi) is 4.90. The highest BCUT2D eigenvalue weighted by Crippen LogP contribution is 2.16. The molecule has 0 radical (unpaired) electrons. The first-order chi connectivity index (χ1) is 6.76. The van der Waals surface area contributed by atoms with Crippen LogP contribution in [0.4, 0.5) is 5.13 Å². The van der Waals surface area contributed by atoms with Crippen molar-refractivity contribution in [3.05, 3.63) is 11.1 Å². The van der Waals surface area contributed by atoms with Crippen molar-refractivity contribution in [3.63, 3.8) is 0 Å². The lowest BCUT2D eigenvalue weighted by Crippen LogP contribution is -2.17. The molecule has 1 aromatic rings. The summed E-state index contributed by atoms with van der Waals surface area (Å²) < 4.78 is 0. The van der Waals surface area contributed by atoms with Crippen LogP contribution in [0.15, 0.2) is 5.38 Å². The maximum absolute atomic E-state index is 5.54. The number of hydrogen-bond donors (Lipinski definition) is 2. The molecule has 0 amide bonds. The van der Waals surface area contributed by atoms with Gasteiger partial charge >= 0.3 is 0 Å². The van der Waals surface area contributed by atoms with Gasteiger partial charge in [-0.05, 0) is 25.8 Å². The Labute approximate surface area is 89.7 Å². The van der Waals surface area contributed by atoms with Crippen molar-refractivity contribution in [1.82, 2.24) is 4.98 Å². The van der Waals surface area contributed by atoms with E-state index in [1.807, 2.05) is 6.92 Å². The predicted molar refractivity (Wildman–Crippen MR) is 62.8 cm³/mol. The summed E-state index contributed by atoms with van der Waals surface area (Å²) in [7, 11) is 0. The molecule has 0 fully saturated rings. The van der Waals surface area contributed by atoms with Crippen LogP contribution >= 0.6 is 11.3 Å². The zero-order valence-electron chi connectivity index (χ0n) is 8.92. The molecule has 0 saturated carbocycles. The van der Waals surface area contributed by atoms with Gasteiger partial charge in [0.2, 0.25) is 0 Å². The summed E-state index contributed by atoms with van der Waals surface area (Å²) in [6.45, 7) is 5.98. The van der Waals surface area contributed by atoms with E-state index in [-0.39, 0.29) is 0 Å². The van der Waals surface area contributed by atoms with Gasteiger partial charge in [0.05, 0.1) is 5.69 Å². The summed E-state index contributed by atoms with van der Waals surface area (Å²) in [6, 6.07) is 0. The molecule has 0 aliphatic carbocycles. The van der Waals surface area contributed by atoms with E-state index in [1.54, 1.807) is 11.3 Å². The van der Waals surface area contributed by atoms with Crippen molar-refractivity contribution in [3.8, 4) is 0 Å². The van der Waals surface area contributed by atoms with E-state index in [1.165, 1.54) is 6.42 Å². The molecular weight excluding hydrogens is 194 g/mol. The molecular formula is C10H19N3S. The van der Waals surface area contributed by atoms with Crippen LogP contribution in [0.1, 0.15) is 25.5 Å². The average Bonchev–Trinajstić information content (AvgIpc) is 2.59. The number of hydrogen-bond acceptors (Lipinski definition) is 4. The minimum absolute atomic E-state index is 0.671. The van der Waals surface area contributed by atoms with Gasteiger partial charge in [0.1, 0.15) is 0 Å². The van der Waals surface area contributed by atoms with Gasteiger partial charge in [-0.15, -0.1) is 11.3 Å². The molecule has 0 saturated heterocycles. The zero-order valence-corrected chi connectivity index (χ0v) is 9.73. The first kappa shape index (κ1) is 11.5. The lowest BCUT2D eigenvalue weighted by atomic mass is 10.0. The van der Waals surface area contributed by atoms with Gasteiger partial charge in [-0.2, -0.15) is 0 Å². The summed E-state index contributed by atoms with van der Waals surface area (Å²) in [6.07, 6.45) is 2.27. The van der Waals surface area contributed by atoms with E-state index in [2.05, 4.69) is 22.6 Å². The Morgan fingerprint density at radius 3 is 2.93 bits per heavy atom. The Morgan fingerprint density at radius 1 is 1.64 bits per heavy atom. The first-order valence-corrected chi connectivity index (χ1v) is 6.00. The van der Waals surface area contributed by atoms with Crippen LogP contribution in [0.5, 0.6) is 0 Å². The minimum atomic E-state index is 0.671. The van der Waals surface area contributed by atoms with Crippen molar-refractivity contribution in [2.75, 3.05) is 18.4 Å². The van der Waals surface area contributed by atoms with Gasteiger partial charge in [0.15, 0.2) is 5.13 Å². The SMILES string of the molecule is CCC(CCN)CNc1nc(C)cs1. The van der Waals surface area contributed by atoms with Crippen LogP contribution in [0, 0.1) is 12.8 Å². The van der Waals surface area contributed by atoms with E-state index in [4.69, 9.17) is 5.73 Å². The third-order valence-electron chi connectivity index (χ3n) is 2.31. The maximum atomic E-state index is 5.54. The highest BCUT2D eigenvalue weighted by atomic mass is 32.1. The quantitative estimate of drug-likeness (QED) is 0.762. The lowest BCUT2D eigenvalue weighted by molar-refractivity contribution is 0.501. The number of thiazole rings is 1. The van der Waals surface area contributed by atoms with Crippen LogP contribution in [-0.4, -0.2) is 18.1 Å². The van der Waals surface area contributed by atoms with E-state index < -0.39 is 0 Å². The van der Waals surface area contributed by atoms with E-state index in [0.29, 0.717) is 5.92 Å². The molecule has 4 heteroatoms. The summed E-state index contributed by atoms with van der Waals surface area (Å²) >= 11 is 1.67. The number of aromatic nitrogens is 1. The molecule has 0 spiro atoms. The molecule has 14 heavy (non-hydrogen) atoms. The second kappa shape index (κ2) is 5.98. The van der Waals surface area contributed by atoms with Crippen LogP contribution in [0.25, 0.3) is 0 Å². The topological polar surface area (TPSA) is 50.9 Å². The van der Waals surface area contributed by atoms with Gasteiger partial charge in [-0.3, -0.25) is 0 Å². The number of nitrogens with two attached hydrogens (primary N) is 1. The summed E-state index contributed by atoms with van der Waals surface area (Å²) in [4.78, 5) is 4.35. The highest BCUT2D eigenvalue weighted by molar-refractivity contribution is 7.13. The smallest absolute Gasteiger partial charge is 0.182 e. The van der Waals surface area contributed by atoms with Gasteiger partial charge in [-0.25, -0.2) is 4.98 Å². The van der Waals surface area contributed by atoms with Crippen LogP contribution in [0.3, 0.4) is 0 Å².